The molecular formula is C21H36IN5O2. The van der Waals surface area contributed by atoms with Crippen molar-refractivity contribution in [2.24, 2.45) is 10.9 Å². The van der Waals surface area contributed by atoms with Crippen LogP contribution in [0, 0.1) is 5.92 Å². The molecule has 1 saturated heterocycles. The largest absolute Gasteiger partial charge is 0.379 e. The first kappa shape index (κ1) is 25.6. The second-order valence-electron chi connectivity index (χ2n) is 7.42. The Morgan fingerprint density at radius 3 is 2.48 bits per heavy atom. The number of aliphatic imine (C=N–C) groups is 1. The lowest BCUT2D eigenvalue weighted by molar-refractivity contribution is -0.114. The zero-order chi connectivity index (χ0) is 20.2. The molecule has 3 N–H and O–H groups in total. The summed E-state index contributed by atoms with van der Waals surface area (Å²) in [6.45, 7) is 11.7. The van der Waals surface area contributed by atoms with E-state index < -0.39 is 0 Å². The minimum atomic E-state index is -0.129. The zero-order valence-corrected chi connectivity index (χ0v) is 20.1. The van der Waals surface area contributed by atoms with Crippen molar-refractivity contribution in [1.82, 2.24) is 15.5 Å². The van der Waals surface area contributed by atoms with Crippen molar-refractivity contribution in [3.63, 3.8) is 0 Å². The molecule has 1 atom stereocenters. The third kappa shape index (κ3) is 10.3. The molecule has 0 spiro atoms. The number of nitrogens with one attached hydrogen (secondary N) is 3. The van der Waals surface area contributed by atoms with Crippen LogP contribution in [0.15, 0.2) is 35.3 Å². The molecule has 1 fully saturated rings. The van der Waals surface area contributed by atoms with Crippen molar-refractivity contribution in [1.29, 1.82) is 0 Å². The van der Waals surface area contributed by atoms with E-state index in [0.717, 1.165) is 51.5 Å². The van der Waals surface area contributed by atoms with Gasteiger partial charge in [-0.15, -0.1) is 24.0 Å². The molecule has 1 amide bonds. The van der Waals surface area contributed by atoms with Crippen LogP contribution in [-0.4, -0.2) is 68.7 Å². The molecule has 8 heteroatoms. The van der Waals surface area contributed by atoms with Crippen LogP contribution in [0.2, 0.25) is 0 Å². The van der Waals surface area contributed by atoms with Crippen molar-refractivity contribution in [3.8, 4) is 0 Å². The Hall–Kier alpha value is -1.39. The number of benzene rings is 1. The molecule has 0 radical (unpaired) electrons. The van der Waals surface area contributed by atoms with Crippen molar-refractivity contribution in [2.45, 2.75) is 33.2 Å². The number of morpholine rings is 1. The number of carbonyl (C=O) groups excluding carboxylic acids is 1. The number of nitrogens with zero attached hydrogens (tertiary/aromatic N) is 2. The summed E-state index contributed by atoms with van der Waals surface area (Å²) in [5, 5.41) is 9.51. The Morgan fingerprint density at radius 2 is 1.86 bits per heavy atom. The monoisotopic (exact) mass is 517 g/mol. The Morgan fingerprint density at radius 1 is 1.17 bits per heavy atom. The van der Waals surface area contributed by atoms with E-state index in [2.05, 4.69) is 39.7 Å². The van der Waals surface area contributed by atoms with Gasteiger partial charge < -0.3 is 20.7 Å². The van der Waals surface area contributed by atoms with Crippen molar-refractivity contribution in [3.05, 3.63) is 30.3 Å². The third-order valence-corrected chi connectivity index (χ3v) is 4.59. The summed E-state index contributed by atoms with van der Waals surface area (Å²) in [5.74, 6) is 1.16. The van der Waals surface area contributed by atoms with E-state index in [1.807, 2.05) is 37.3 Å². The molecular weight excluding hydrogens is 481 g/mol. The fraction of sp³-hybridized carbons (Fsp3) is 0.619. The summed E-state index contributed by atoms with van der Waals surface area (Å²) in [7, 11) is 0. The van der Waals surface area contributed by atoms with Crippen LogP contribution < -0.4 is 16.0 Å². The smallest absolute Gasteiger partial charge is 0.246 e. The molecule has 1 heterocycles. The lowest BCUT2D eigenvalue weighted by Crippen LogP contribution is -2.51. The fourth-order valence-electron chi connectivity index (χ4n) is 3.28. The second-order valence-corrected chi connectivity index (χ2v) is 7.42. The Kier molecular flexibility index (Phi) is 12.9. The molecule has 0 saturated carbocycles. The van der Waals surface area contributed by atoms with Gasteiger partial charge in [0.2, 0.25) is 5.91 Å². The van der Waals surface area contributed by atoms with Gasteiger partial charge in [0.25, 0.3) is 0 Å². The van der Waals surface area contributed by atoms with Gasteiger partial charge >= 0.3 is 0 Å². The van der Waals surface area contributed by atoms with Gasteiger partial charge in [0.1, 0.15) is 6.54 Å². The van der Waals surface area contributed by atoms with E-state index in [-0.39, 0.29) is 36.4 Å². The molecule has 1 unspecified atom stereocenters. The molecule has 7 nitrogen and oxygen atoms in total. The number of hydrogen-bond acceptors (Lipinski definition) is 4. The maximum absolute atomic E-state index is 12.2. The molecule has 0 bridgehead atoms. The molecule has 1 aromatic rings. The molecule has 0 aromatic heterocycles. The van der Waals surface area contributed by atoms with Crippen LogP contribution in [0.4, 0.5) is 5.69 Å². The topological polar surface area (TPSA) is 78.0 Å². The van der Waals surface area contributed by atoms with Crippen LogP contribution in [0.25, 0.3) is 0 Å². The standard InChI is InChI=1S/C21H35N5O2.HI/c1-4-22-21(24-16-20(27)25-18-8-6-5-7-9-18)23-15-19(14-17(2)3)26-10-12-28-13-11-26;/h5-9,17,19H,4,10-16H2,1-3H3,(H,25,27)(H2,22,23,24);1H. The first-order chi connectivity index (χ1) is 13.6. The van der Waals surface area contributed by atoms with E-state index >= 15 is 0 Å². The number of rotatable bonds is 9. The van der Waals surface area contributed by atoms with Crippen molar-refractivity contribution in [2.75, 3.05) is 51.3 Å². The van der Waals surface area contributed by atoms with Crippen molar-refractivity contribution >= 4 is 41.5 Å². The van der Waals surface area contributed by atoms with Gasteiger partial charge in [0.05, 0.1) is 13.2 Å². The van der Waals surface area contributed by atoms with E-state index in [4.69, 9.17) is 4.74 Å². The molecule has 164 valence electrons. The van der Waals surface area contributed by atoms with Gasteiger partial charge in [-0.1, -0.05) is 32.0 Å². The first-order valence-corrected chi connectivity index (χ1v) is 10.3. The third-order valence-electron chi connectivity index (χ3n) is 4.59. The number of halogens is 1. The van der Waals surface area contributed by atoms with Gasteiger partial charge in [-0.25, -0.2) is 4.99 Å². The summed E-state index contributed by atoms with van der Waals surface area (Å²) in [4.78, 5) is 19.1. The van der Waals surface area contributed by atoms with Crippen LogP contribution in [0.3, 0.4) is 0 Å². The zero-order valence-electron chi connectivity index (χ0n) is 17.8. The average molecular weight is 517 g/mol. The predicted molar refractivity (Wildman–Crippen MR) is 130 cm³/mol. The van der Waals surface area contributed by atoms with E-state index in [9.17, 15) is 4.79 Å². The minimum Gasteiger partial charge on any atom is -0.379 e. The van der Waals surface area contributed by atoms with E-state index in [0.29, 0.717) is 17.9 Å². The van der Waals surface area contributed by atoms with Crippen LogP contribution in [0.1, 0.15) is 27.2 Å². The Bertz CT molecular complexity index is 606. The lowest BCUT2D eigenvalue weighted by atomic mass is 10.0. The van der Waals surface area contributed by atoms with Gasteiger partial charge in [-0.05, 0) is 31.4 Å². The number of ether oxygens (including phenoxy) is 1. The molecule has 1 aromatic carbocycles. The number of carbonyl (C=O) groups is 1. The number of guanidine groups is 1. The normalized spacial score (nSPS) is 16.1. The number of hydrogen-bond donors (Lipinski definition) is 3. The summed E-state index contributed by atoms with van der Waals surface area (Å²) in [6.07, 6.45) is 1.11. The summed E-state index contributed by atoms with van der Waals surface area (Å²) in [5.41, 5.74) is 0.782. The van der Waals surface area contributed by atoms with Gasteiger partial charge in [-0.2, -0.15) is 0 Å². The highest BCUT2D eigenvalue weighted by Gasteiger charge is 2.22. The van der Waals surface area contributed by atoms with E-state index in [1.165, 1.54) is 0 Å². The average Bonchev–Trinajstić information content (AvgIpc) is 2.70. The van der Waals surface area contributed by atoms with Gasteiger partial charge in [0, 0.05) is 37.9 Å². The molecule has 29 heavy (non-hydrogen) atoms. The minimum absolute atomic E-state index is 0. The van der Waals surface area contributed by atoms with Crippen LogP contribution in [0.5, 0.6) is 0 Å². The van der Waals surface area contributed by atoms with Gasteiger partial charge in [-0.3, -0.25) is 9.69 Å². The van der Waals surface area contributed by atoms with Crippen LogP contribution in [-0.2, 0) is 9.53 Å². The number of amides is 1. The van der Waals surface area contributed by atoms with Crippen LogP contribution >= 0.6 is 24.0 Å². The SMILES string of the molecule is CCNC(=NCC(=O)Nc1ccccc1)NCC(CC(C)C)N1CCOCC1.I. The highest BCUT2D eigenvalue weighted by atomic mass is 127. The van der Waals surface area contributed by atoms with Crippen molar-refractivity contribution < 1.29 is 9.53 Å². The summed E-state index contributed by atoms with van der Waals surface area (Å²) in [6, 6.07) is 9.86. The summed E-state index contributed by atoms with van der Waals surface area (Å²) < 4.78 is 5.49. The van der Waals surface area contributed by atoms with E-state index in [1.54, 1.807) is 0 Å². The number of para-hydroxylation sites is 1. The fourth-order valence-corrected chi connectivity index (χ4v) is 3.28. The maximum Gasteiger partial charge on any atom is 0.246 e. The predicted octanol–water partition coefficient (Wildman–Crippen LogP) is 2.55. The number of anilines is 1. The highest BCUT2D eigenvalue weighted by molar-refractivity contribution is 14.0. The molecule has 1 aliphatic rings. The Balaban J connectivity index is 0.00000420. The van der Waals surface area contributed by atoms with Gasteiger partial charge in [0.15, 0.2) is 5.96 Å². The quantitative estimate of drug-likeness (QED) is 0.267. The lowest BCUT2D eigenvalue weighted by Gasteiger charge is -2.35. The molecule has 1 aliphatic heterocycles. The summed E-state index contributed by atoms with van der Waals surface area (Å²) >= 11 is 0. The molecule has 2 rings (SSSR count). The Labute approximate surface area is 192 Å². The maximum atomic E-state index is 12.2. The second kappa shape index (κ2) is 14.6. The molecule has 0 aliphatic carbocycles. The highest BCUT2D eigenvalue weighted by Crippen LogP contribution is 2.13. The first-order valence-electron chi connectivity index (χ1n) is 10.3.